The summed E-state index contributed by atoms with van der Waals surface area (Å²) in [7, 11) is 0. The zero-order chi connectivity index (χ0) is 21.5. The third-order valence-electron chi connectivity index (χ3n) is 6.72. The van der Waals surface area contributed by atoms with Crippen molar-refractivity contribution in [3.8, 4) is 0 Å². The fraction of sp³-hybridized carbons (Fsp3) is 0.500. The van der Waals surface area contributed by atoms with Crippen LogP contribution in [-0.2, 0) is 14.5 Å². The van der Waals surface area contributed by atoms with Gasteiger partial charge in [0.15, 0.2) is 11.5 Å². The molecule has 6 nitrogen and oxygen atoms in total. The highest BCUT2D eigenvalue weighted by Crippen LogP contribution is 2.49. The summed E-state index contributed by atoms with van der Waals surface area (Å²) in [6.45, 7) is 7.78. The lowest BCUT2D eigenvalue weighted by molar-refractivity contribution is -0.359. The molecule has 0 aromatic heterocycles. The second-order valence-corrected chi connectivity index (χ2v) is 8.57. The van der Waals surface area contributed by atoms with E-state index in [0.29, 0.717) is 31.2 Å². The summed E-state index contributed by atoms with van der Waals surface area (Å²) in [6, 6.07) is 6.63. The summed E-state index contributed by atoms with van der Waals surface area (Å²) >= 11 is 0. The third-order valence-corrected chi connectivity index (χ3v) is 6.72. The van der Waals surface area contributed by atoms with E-state index < -0.39 is 23.1 Å². The van der Waals surface area contributed by atoms with Crippen molar-refractivity contribution >= 4 is 11.6 Å². The SMILES string of the molecule is C=CCC(CC)C1(C)OOC2(CCC(C3=C(O)C(=O)c4ccccc4C3=O)CC2)O1. The van der Waals surface area contributed by atoms with Gasteiger partial charge >= 0.3 is 0 Å². The molecule has 0 amide bonds. The lowest BCUT2D eigenvalue weighted by atomic mass is 9.74. The monoisotopic (exact) mass is 412 g/mol. The minimum atomic E-state index is -0.865. The molecule has 2 unspecified atom stereocenters. The van der Waals surface area contributed by atoms with Crippen LogP contribution in [0.5, 0.6) is 0 Å². The van der Waals surface area contributed by atoms with Crippen molar-refractivity contribution in [1.29, 1.82) is 0 Å². The number of hydrogen-bond donors (Lipinski definition) is 1. The molecule has 6 heteroatoms. The van der Waals surface area contributed by atoms with Crippen molar-refractivity contribution in [2.45, 2.75) is 63.9 Å². The molecule has 0 bridgehead atoms. The number of aliphatic hydroxyl groups is 1. The van der Waals surface area contributed by atoms with Crippen LogP contribution in [0.3, 0.4) is 0 Å². The lowest BCUT2D eigenvalue weighted by Gasteiger charge is -2.37. The molecule has 2 atom stereocenters. The van der Waals surface area contributed by atoms with E-state index in [2.05, 4.69) is 13.5 Å². The predicted molar refractivity (Wildman–Crippen MR) is 110 cm³/mol. The first-order valence-corrected chi connectivity index (χ1v) is 10.6. The van der Waals surface area contributed by atoms with Crippen molar-refractivity contribution in [3.05, 3.63) is 59.4 Å². The van der Waals surface area contributed by atoms with Crippen LogP contribution in [0, 0.1) is 11.8 Å². The molecule has 30 heavy (non-hydrogen) atoms. The number of carbonyl (C=O) groups excluding carboxylic acids is 2. The Kier molecular flexibility index (Phi) is 5.43. The molecule has 3 aliphatic rings. The average Bonchev–Trinajstić information content (AvgIpc) is 3.09. The highest BCUT2D eigenvalue weighted by molar-refractivity contribution is 6.26. The van der Waals surface area contributed by atoms with Gasteiger partial charge in [-0.2, -0.15) is 9.78 Å². The molecule has 1 aromatic carbocycles. The predicted octanol–water partition coefficient (Wildman–Crippen LogP) is 5.06. The zero-order valence-electron chi connectivity index (χ0n) is 17.5. The molecule has 1 aliphatic heterocycles. The summed E-state index contributed by atoms with van der Waals surface area (Å²) < 4.78 is 6.33. The number of rotatable bonds is 5. The van der Waals surface area contributed by atoms with Crippen LogP contribution in [0.1, 0.15) is 73.1 Å². The summed E-state index contributed by atoms with van der Waals surface area (Å²) in [6.07, 6.45) is 5.60. The molecule has 2 aliphatic carbocycles. The largest absolute Gasteiger partial charge is 0.504 e. The molecular formula is C24H28O6. The Hall–Kier alpha value is -2.28. The molecular weight excluding hydrogens is 384 g/mol. The second-order valence-electron chi connectivity index (χ2n) is 8.57. The van der Waals surface area contributed by atoms with Crippen LogP contribution in [-0.4, -0.2) is 28.2 Å². The molecule has 1 saturated heterocycles. The maximum atomic E-state index is 13.0. The minimum Gasteiger partial charge on any atom is -0.504 e. The molecule has 4 rings (SSSR count). The highest BCUT2D eigenvalue weighted by Gasteiger charge is 2.55. The number of fused-ring (bicyclic) bond motifs is 1. The van der Waals surface area contributed by atoms with Gasteiger partial charge in [0.2, 0.25) is 17.4 Å². The van der Waals surface area contributed by atoms with Crippen LogP contribution in [0.15, 0.2) is 48.3 Å². The number of benzene rings is 1. The first-order chi connectivity index (χ1) is 14.3. The molecule has 1 heterocycles. The summed E-state index contributed by atoms with van der Waals surface area (Å²) in [5.41, 5.74) is 0.832. The van der Waals surface area contributed by atoms with Gasteiger partial charge in [0.05, 0.1) is 0 Å². The maximum Gasteiger partial charge on any atom is 0.228 e. The highest BCUT2D eigenvalue weighted by atomic mass is 17.3. The van der Waals surface area contributed by atoms with E-state index in [0.717, 1.165) is 12.8 Å². The Morgan fingerprint density at radius 3 is 2.40 bits per heavy atom. The number of ketones is 2. The number of carbonyl (C=O) groups is 2. The van der Waals surface area contributed by atoms with Gasteiger partial charge in [-0.25, -0.2) is 0 Å². The van der Waals surface area contributed by atoms with Crippen molar-refractivity contribution in [2.24, 2.45) is 11.8 Å². The Labute approximate surface area is 176 Å². The van der Waals surface area contributed by atoms with Gasteiger partial charge in [0, 0.05) is 35.5 Å². The van der Waals surface area contributed by atoms with Crippen LogP contribution in [0.2, 0.25) is 0 Å². The summed E-state index contributed by atoms with van der Waals surface area (Å²) in [5, 5.41) is 10.5. The summed E-state index contributed by atoms with van der Waals surface area (Å²) in [4.78, 5) is 37.0. The van der Waals surface area contributed by atoms with Crippen molar-refractivity contribution < 1.29 is 29.2 Å². The first-order valence-electron chi connectivity index (χ1n) is 10.6. The maximum absolute atomic E-state index is 13.0. The van der Waals surface area contributed by atoms with Gasteiger partial charge in [0.1, 0.15) is 0 Å². The van der Waals surface area contributed by atoms with E-state index in [-0.39, 0.29) is 28.8 Å². The number of allylic oxidation sites excluding steroid dienone is 3. The molecule has 0 radical (unpaired) electrons. The Morgan fingerprint density at radius 1 is 1.17 bits per heavy atom. The first kappa shape index (κ1) is 21.0. The topological polar surface area (TPSA) is 82.1 Å². The quantitative estimate of drug-likeness (QED) is 0.538. The van der Waals surface area contributed by atoms with Gasteiger partial charge in [0.25, 0.3) is 0 Å². The van der Waals surface area contributed by atoms with Gasteiger partial charge < -0.3 is 9.84 Å². The lowest BCUT2D eigenvalue weighted by Crippen LogP contribution is -2.42. The van der Waals surface area contributed by atoms with Gasteiger partial charge in [-0.1, -0.05) is 37.3 Å². The Bertz CT molecular complexity index is 908. The standard InChI is InChI=1S/C24H28O6/c1-4-8-16(5-2)23(3)28-24(30-29-23)13-11-15(12-14-24)19-20(25)17-9-6-7-10-18(17)21(26)22(19)27/h4,6-7,9-10,15-16,27H,1,5,8,11-14H2,2-3H3. The number of hydrogen-bond acceptors (Lipinski definition) is 6. The fourth-order valence-corrected chi connectivity index (χ4v) is 4.96. The van der Waals surface area contributed by atoms with Gasteiger partial charge in [-0.15, -0.1) is 6.58 Å². The third kappa shape index (κ3) is 3.33. The van der Waals surface area contributed by atoms with Crippen molar-refractivity contribution in [1.82, 2.24) is 0 Å². The minimum absolute atomic E-state index is 0.118. The molecule has 2 fully saturated rings. The van der Waals surface area contributed by atoms with Gasteiger partial charge in [-0.3, -0.25) is 9.59 Å². The van der Waals surface area contributed by atoms with E-state index in [1.165, 1.54) is 0 Å². The van der Waals surface area contributed by atoms with E-state index in [9.17, 15) is 14.7 Å². The zero-order valence-corrected chi connectivity index (χ0v) is 17.5. The smallest absolute Gasteiger partial charge is 0.228 e. The van der Waals surface area contributed by atoms with Crippen molar-refractivity contribution in [3.63, 3.8) is 0 Å². The Balaban J connectivity index is 1.50. The molecule has 1 N–H and O–H groups in total. The second kappa shape index (κ2) is 7.76. The number of aliphatic hydroxyl groups excluding tert-OH is 1. The fourth-order valence-electron chi connectivity index (χ4n) is 4.96. The summed E-state index contributed by atoms with van der Waals surface area (Å²) in [5.74, 6) is -3.01. The van der Waals surface area contributed by atoms with Crippen molar-refractivity contribution in [2.75, 3.05) is 0 Å². The molecule has 160 valence electrons. The van der Waals surface area contributed by atoms with Crippen LogP contribution in [0.4, 0.5) is 0 Å². The van der Waals surface area contributed by atoms with Gasteiger partial charge in [-0.05, 0) is 38.5 Å². The Morgan fingerprint density at radius 2 is 1.80 bits per heavy atom. The number of Topliss-reactive ketones (excluding diaryl/α,β-unsaturated/α-hetero) is 2. The number of ether oxygens (including phenoxy) is 1. The van der Waals surface area contributed by atoms with E-state index in [1.54, 1.807) is 24.3 Å². The average molecular weight is 412 g/mol. The van der Waals surface area contributed by atoms with Crippen LogP contribution in [0.25, 0.3) is 0 Å². The van der Waals surface area contributed by atoms with E-state index in [1.807, 2.05) is 13.0 Å². The van der Waals surface area contributed by atoms with E-state index in [4.69, 9.17) is 14.5 Å². The van der Waals surface area contributed by atoms with Crippen LogP contribution >= 0.6 is 0 Å². The molecule has 1 spiro atoms. The molecule has 1 saturated carbocycles. The molecule has 1 aromatic rings. The van der Waals surface area contributed by atoms with E-state index >= 15 is 0 Å². The van der Waals surface area contributed by atoms with Crippen LogP contribution < -0.4 is 0 Å². The normalized spacial score (nSPS) is 32.4.